The van der Waals surface area contributed by atoms with Crippen molar-refractivity contribution in [3.05, 3.63) is 36.5 Å². The zero-order valence-corrected chi connectivity index (χ0v) is 41.1. The SMILES string of the molecule is C=C/C=C(\C)[C@@H](CC[C@H](C)/C=C/[C@@H](CC[C@H](C)C(=O)CC(=O)OC(C)(C)C)OC(=O)C(C)P(Br)(CCCC)(CCCC)CCCC)O[Si](C)(C)C(C)(C)C. The van der Waals surface area contributed by atoms with Gasteiger partial charge in [0.05, 0.1) is 0 Å². The van der Waals surface area contributed by atoms with Crippen LogP contribution in [0.4, 0.5) is 0 Å². The second-order valence-electron chi connectivity index (χ2n) is 18.7. The molecule has 0 saturated heterocycles. The van der Waals surface area contributed by atoms with E-state index in [4.69, 9.17) is 13.9 Å². The van der Waals surface area contributed by atoms with E-state index in [1.54, 1.807) is 20.8 Å². The molecule has 0 aliphatic carbocycles. The molecule has 0 aromatic heterocycles. The van der Waals surface area contributed by atoms with Crippen LogP contribution in [0.1, 0.15) is 161 Å². The fourth-order valence-electron chi connectivity index (χ4n) is 6.52. The number of rotatable bonds is 27. The molecule has 0 fully saturated rings. The van der Waals surface area contributed by atoms with Gasteiger partial charge in [0, 0.05) is 0 Å². The Hall–Kier alpha value is -1.08. The van der Waals surface area contributed by atoms with Gasteiger partial charge >= 0.3 is 272 Å². The van der Waals surface area contributed by atoms with Gasteiger partial charge in [-0.3, -0.25) is 0 Å². The van der Waals surface area contributed by atoms with Crippen LogP contribution in [-0.4, -0.2) is 68.0 Å². The molecule has 6 nitrogen and oxygen atoms in total. The molecule has 0 bridgehead atoms. The Morgan fingerprint density at radius 2 is 1.33 bits per heavy atom. The van der Waals surface area contributed by atoms with Crippen molar-refractivity contribution in [1.82, 2.24) is 0 Å². The number of carbonyl (C=O) groups is 3. The predicted molar refractivity (Wildman–Crippen MR) is 242 cm³/mol. The molecule has 316 valence electrons. The van der Waals surface area contributed by atoms with Gasteiger partial charge in [-0.2, -0.15) is 0 Å². The van der Waals surface area contributed by atoms with E-state index >= 15 is 0 Å². The van der Waals surface area contributed by atoms with Gasteiger partial charge < -0.3 is 0 Å². The molecule has 0 aliphatic rings. The van der Waals surface area contributed by atoms with Crippen LogP contribution in [-0.2, 0) is 28.3 Å². The summed E-state index contributed by atoms with van der Waals surface area (Å²) in [6.07, 6.45) is 19.8. The number of hydrogen-bond donors (Lipinski definition) is 0. The molecule has 9 heteroatoms. The van der Waals surface area contributed by atoms with E-state index in [0.29, 0.717) is 12.8 Å². The van der Waals surface area contributed by atoms with Crippen LogP contribution in [0.25, 0.3) is 0 Å². The van der Waals surface area contributed by atoms with E-state index in [2.05, 4.69) is 110 Å². The van der Waals surface area contributed by atoms with Crippen LogP contribution in [0, 0.1) is 11.8 Å². The molecule has 5 atom stereocenters. The van der Waals surface area contributed by atoms with Crippen molar-refractivity contribution in [2.75, 3.05) is 18.5 Å². The number of ether oxygens (including phenoxy) is 2. The molecule has 0 aromatic rings. The second kappa shape index (κ2) is 24.0. The van der Waals surface area contributed by atoms with Gasteiger partial charge in [-0.25, -0.2) is 0 Å². The summed E-state index contributed by atoms with van der Waals surface area (Å²) in [4.78, 5) is 39.9. The van der Waals surface area contributed by atoms with Gasteiger partial charge in [-0.1, -0.05) is 33.4 Å². The van der Waals surface area contributed by atoms with Crippen molar-refractivity contribution >= 4 is 46.8 Å². The van der Waals surface area contributed by atoms with Crippen molar-refractivity contribution in [2.24, 2.45) is 11.8 Å². The number of unbranched alkanes of at least 4 members (excludes halogenated alkanes) is 3. The van der Waals surface area contributed by atoms with Crippen LogP contribution < -0.4 is 0 Å². The number of esters is 2. The molecule has 0 radical (unpaired) electrons. The molecule has 0 N–H and O–H groups in total. The molecule has 0 rings (SSSR count). The number of ketones is 1. The molecule has 0 aliphatic heterocycles. The molecule has 0 heterocycles. The molecule has 0 amide bonds. The Balaban J connectivity index is 6.42. The van der Waals surface area contributed by atoms with E-state index < -0.39 is 31.3 Å². The van der Waals surface area contributed by atoms with Crippen molar-refractivity contribution in [3.63, 3.8) is 0 Å². The summed E-state index contributed by atoms with van der Waals surface area (Å²) < 4.78 is 18.8. The van der Waals surface area contributed by atoms with Crippen molar-refractivity contribution < 1.29 is 28.3 Å². The Bertz CT molecular complexity index is 1200. The number of Topliss-reactive ketones (excluding diaryl/α,β-unsaturated/α-hetero) is 1. The average molecular weight is 860 g/mol. The molecule has 0 spiro atoms. The minimum atomic E-state index is -2.64. The first-order valence-corrected chi connectivity index (χ1v) is 28.9. The number of halogens is 1. The third-order valence-electron chi connectivity index (χ3n) is 11.5. The van der Waals surface area contributed by atoms with Crippen molar-refractivity contribution in [2.45, 2.75) is 202 Å². The van der Waals surface area contributed by atoms with Gasteiger partial charge in [-0.05, 0) is 38.9 Å². The summed E-state index contributed by atoms with van der Waals surface area (Å²) in [5.74, 6) is -0.959. The van der Waals surface area contributed by atoms with Crippen LogP contribution in [0.15, 0.2) is 36.5 Å². The van der Waals surface area contributed by atoms with E-state index in [0.717, 1.165) is 69.9 Å². The van der Waals surface area contributed by atoms with Crippen molar-refractivity contribution in [3.8, 4) is 0 Å². The quantitative estimate of drug-likeness (QED) is 0.0204. The molecule has 54 heavy (non-hydrogen) atoms. The van der Waals surface area contributed by atoms with Crippen LogP contribution in [0.3, 0.4) is 0 Å². The van der Waals surface area contributed by atoms with E-state index in [1.165, 1.54) is 5.57 Å². The van der Waals surface area contributed by atoms with E-state index in [9.17, 15) is 14.4 Å². The zero-order valence-electron chi connectivity index (χ0n) is 37.6. The fraction of sp³-hybridized carbons (Fsp3) is 0.800. The van der Waals surface area contributed by atoms with E-state index in [-0.39, 0.29) is 46.8 Å². The van der Waals surface area contributed by atoms with Crippen molar-refractivity contribution in [1.29, 1.82) is 0 Å². The maximum absolute atomic E-state index is 14.4. The summed E-state index contributed by atoms with van der Waals surface area (Å²) in [5.41, 5.74) is 0.307. The monoisotopic (exact) mass is 858 g/mol. The number of carbonyl (C=O) groups excluding carboxylic acids is 3. The maximum atomic E-state index is 14.4. The Morgan fingerprint density at radius 3 is 1.78 bits per heavy atom. The third kappa shape index (κ3) is 18.9. The molecular weight excluding hydrogens is 775 g/mol. The van der Waals surface area contributed by atoms with Crippen LogP contribution >= 0.6 is 20.8 Å². The smallest absolute Gasteiger partial charge is 0.0604 e. The summed E-state index contributed by atoms with van der Waals surface area (Å²) in [7, 11) is -2.01. The zero-order chi connectivity index (χ0) is 42.0. The predicted octanol–water partition coefficient (Wildman–Crippen LogP) is 13.8. The summed E-state index contributed by atoms with van der Waals surface area (Å²) in [6.45, 7) is 35.7. The van der Waals surface area contributed by atoms with Gasteiger partial charge in [0.2, 0.25) is 0 Å². The van der Waals surface area contributed by atoms with Gasteiger partial charge in [-0.15, -0.1) is 0 Å². The Kier molecular flexibility index (Phi) is 23.5. The Labute approximate surface area is 342 Å². The van der Waals surface area contributed by atoms with Crippen LogP contribution in [0.2, 0.25) is 18.1 Å². The van der Waals surface area contributed by atoms with E-state index in [1.807, 2.05) is 19.1 Å². The first-order chi connectivity index (χ1) is 24.8. The minimum absolute atomic E-state index is 0.00770. The fourth-order valence-corrected chi connectivity index (χ4v) is 16.3. The van der Waals surface area contributed by atoms with Crippen LogP contribution in [0.5, 0.6) is 0 Å². The molecule has 0 aromatic carbocycles. The van der Waals surface area contributed by atoms with Gasteiger partial charge in [0.15, 0.2) is 0 Å². The first-order valence-electron chi connectivity index (χ1n) is 21.1. The van der Waals surface area contributed by atoms with Gasteiger partial charge in [0.25, 0.3) is 0 Å². The summed E-state index contributed by atoms with van der Waals surface area (Å²) in [6, 6.07) is 0. The normalized spacial score (nSPS) is 16.9. The van der Waals surface area contributed by atoms with Gasteiger partial charge in [0.1, 0.15) is 0 Å². The first kappa shape index (κ1) is 52.9. The standard InChI is InChI=1S/C45H84BrO6PSi/c1-17-21-31-53(46,32-22-18-2,33-23-19-3)38(8)43(49)50-39(29-27-36(6)40(47)34-42(48)51-44(9,10)11)28-25-35(5)26-30-41(37(7)24-20-4)52-54(15,16)45(12,13)14/h20,24-25,28,35-36,38-39,41H,4,17-19,21-23,26-27,29-34H2,1-3,5-16H3/b28-25+,37-24+/t35-,36+,38?,39+,41-/m1/s1. The summed E-state index contributed by atoms with van der Waals surface area (Å²) in [5, 5.41) is -2.54. The minimum Gasteiger partial charge on any atom is -0.0604 e. The molecule has 1 unspecified atom stereocenters. The molecule has 0 saturated carbocycles. The second-order valence-corrected chi connectivity index (χ2v) is 34.7. The number of allylic oxidation sites excluding steroid dienone is 3. The third-order valence-corrected chi connectivity index (χ3v) is 27.3. The topological polar surface area (TPSA) is 78.9 Å². The summed E-state index contributed by atoms with van der Waals surface area (Å²) >= 11 is 4.43. The Morgan fingerprint density at radius 1 is 0.815 bits per heavy atom. The number of hydrogen-bond acceptors (Lipinski definition) is 6. The average Bonchev–Trinajstić information content (AvgIpc) is 3.06. The molecular formula is C45H84BrO6PSi.